The summed E-state index contributed by atoms with van der Waals surface area (Å²) in [5, 5.41) is 3.80. The van der Waals surface area contributed by atoms with E-state index in [1.54, 1.807) is 0 Å². The van der Waals surface area contributed by atoms with Crippen molar-refractivity contribution in [1.29, 1.82) is 0 Å². The van der Waals surface area contributed by atoms with E-state index in [2.05, 4.69) is 14.5 Å². The molecule has 0 spiro atoms. The van der Waals surface area contributed by atoms with Crippen LogP contribution in [0.25, 0.3) is 0 Å². The van der Waals surface area contributed by atoms with Crippen LogP contribution in [0, 0.1) is 5.82 Å². The SMILES string of the molecule is Nc1nc(/C(C=O)=N\Oc2ccc(F)cc2)ns1. The molecule has 18 heavy (non-hydrogen) atoms. The lowest BCUT2D eigenvalue weighted by Crippen LogP contribution is -2.07. The Balaban J connectivity index is 2.15. The van der Waals surface area contributed by atoms with Crippen LogP contribution in [0.5, 0.6) is 5.75 Å². The van der Waals surface area contributed by atoms with Crippen LogP contribution >= 0.6 is 11.5 Å². The number of anilines is 1. The summed E-state index contributed by atoms with van der Waals surface area (Å²) < 4.78 is 16.5. The van der Waals surface area contributed by atoms with Gasteiger partial charge in [-0.15, -0.1) is 0 Å². The number of carbonyl (C=O) groups is 1. The van der Waals surface area contributed by atoms with Gasteiger partial charge in [0.2, 0.25) is 0 Å². The zero-order valence-corrected chi connectivity index (χ0v) is 9.72. The Morgan fingerprint density at radius 1 is 1.44 bits per heavy atom. The molecule has 2 N–H and O–H groups in total. The molecular formula is C10H7FN4O2S. The molecule has 0 bridgehead atoms. The number of aromatic nitrogens is 2. The van der Waals surface area contributed by atoms with Crippen molar-refractivity contribution in [2.45, 2.75) is 0 Å². The molecular weight excluding hydrogens is 259 g/mol. The van der Waals surface area contributed by atoms with E-state index in [9.17, 15) is 9.18 Å². The van der Waals surface area contributed by atoms with Gasteiger partial charge in [-0.1, -0.05) is 5.16 Å². The standard InChI is InChI=1S/C10H7FN4O2S/c11-6-1-3-7(4-2-6)17-14-8(5-16)9-13-10(12)18-15-9/h1-5H,(H2,12,13,15)/b14-8-. The molecule has 0 atom stereocenters. The number of oxime groups is 1. The molecule has 2 rings (SSSR count). The predicted octanol–water partition coefficient (Wildman–Crippen LogP) is 1.24. The smallest absolute Gasteiger partial charge is 0.200 e. The number of nitrogens with two attached hydrogens (primary N) is 1. The van der Waals surface area contributed by atoms with Crippen LogP contribution in [-0.4, -0.2) is 21.4 Å². The third-order valence-electron chi connectivity index (χ3n) is 1.85. The molecule has 0 radical (unpaired) electrons. The molecule has 6 nitrogen and oxygen atoms in total. The van der Waals surface area contributed by atoms with Crippen molar-refractivity contribution in [2.75, 3.05) is 5.73 Å². The highest BCUT2D eigenvalue weighted by molar-refractivity contribution is 7.09. The third-order valence-corrected chi connectivity index (χ3v) is 2.39. The summed E-state index contributed by atoms with van der Waals surface area (Å²) in [6.45, 7) is 0. The Morgan fingerprint density at radius 2 is 2.17 bits per heavy atom. The van der Waals surface area contributed by atoms with Gasteiger partial charge < -0.3 is 10.6 Å². The van der Waals surface area contributed by atoms with E-state index in [1.807, 2.05) is 0 Å². The number of nitrogens with zero attached hydrogens (tertiary/aromatic N) is 3. The van der Waals surface area contributed by atoms with Gasteiger partial charge in [-0.05, 0) is 24.3 Å². The van der Waals surface area contributed by atoms with E-state index >= 15 is 0 Å². The fraction of sp³-hybridized carbons (Fsp3) is 0. The largest absolute Gasteiger partial charge is 0.374 e. The third kappa shape index (κ3) is 2.86. The number of nitrogen functional groups attached to an aromatic ring is 1. The van der Waals surface area contributed by atoms with E-state index in [0.29, 0.717) is 12.0 Å². The van der Waals surface area contributed by atoms with Crippen molar-refractivity contribution in [1.82, 2.24) is 9.36 Å². The quantitative estimate of drug-likeness (QED) is 0.511. The average molecular weight is 266 g/mol. The van der Waals surface area contributed by atoms with Crippen LogP contribution < -0.4 is 10.6 Å². The van der Waals surface area contributed by atoms with E-state index in [-0.39, 0.29) is 16.7 Å². The lowest BCUT2D eigenvalue weighted by molar-refractivity contribution is -0.102. The normalized spacial score (nSPS) is 11.3. The molecule has 0 aliphatic carbocycles. The molecule has 1 heterocycles. The fourth-order valence-electron chi connectivity index (χ4n) is 1.05. The summed E-state index contributed by atoms with van der Waals surface area (Å²) in [5.74, 6) is -0.00977. The first kappa shape index (κ1) is 12.1. The number of carbonyl (C=O) groups excluding carboxylic acids is 1. The monoisotopic (exact) mass is 266 g/mol. The van der Waals surface area contributed by atoms with E-state index in [4.69, 9.17) is 10.6 Å². The maximum atomic E-state index is 12.6. The second kappa shape index (κ2) is 5.32. The average Bonchev–Trinajstić information content (AvgIpc) is 2.79. The zero-order chi connectivity index (χ0) is 13.0. The second-order valence-electron chi connectivity index (χ2n) is 3.10. The summed E-state index contributed by atoms with van der Waals surface area (Å²) in [5.41, 5.74) is 5.30. The van der Waals surface area contributed by atoms with Gasteiger partial charge in [0.25, 0.3) is 0 Å². The Kier molecular flexibility index (Phi) is 3.58. The minimum absolute atomic E-state index is 0.0905. The van der Waals surface area contributed by atoms with E-state index < -0.39 is 5.82 Å². The summed E-state index contributed by atoms with van der Waals surface area (Å²) >= 11 is 0.944. The molecule has 0 fully saturated rings. The molecule has 0 unspecified atom stereocenters. The Bertz CT molecular complexity index is 582. The molecule has 92 valence electrons. The van der Waals surface area contributed by atoms with Crippen LogP contribution in [0.2, 0.25) is 0 Å². The van der Waals surface area contributed by atoms with Crippen molar-refractivity contribution in [3.63, 3.8) is 0 Å². The molecule has 0 amide bonds. The molecule has 0 saturated heterocycles. The van der Waals surface area contributed by atoms with Crippen LogP contribution in [-0.2, 0) is 4.79 Å². The number of hydrogen-bond donors (Lipinski definition) is 1. The summed E-state index contributed by atoms with van der Waals surface area (Å²) in [6.07, 6.45) is 0.449. The number of rotatable bonds is 4. The Labute approximate surface area is 105 Å². The highest BCUT2D eigenvalue weighted by Gasteiger charge is 2.09. The lowest BCUT2D eigenvalue weighted by Gasteiger charge is -1.98. The van der Waals surface area contributed by atoms with Gasteiger partial charge in [-0.25, -0.2) is 4.39 Å². The number of aldehydes is 1. The maximum absolute atomic E-state index is 12.6. The molecule has 2 aromatic rings. The lowest BCUT2D eigenvalue weighted by atomic mass is 10.3. The topological polar surface area (TPSA) is 90.5 Å². The van der Waals surface area contributed by atoms with Crippen molar-refractivity contribution in [3.8, 4) is 5.75 Å². The maximum Gasteiger partial charge on any atom is 0.200 e. The van der Waals surface area contributed by atoms with Gasteiger partial charge >= 0.3 is 0 Å². The van der Waals surface area contributed by atoms with Gasteiger partial charge in [0, 0.05) is 11.5 Å². The minimum Gasteiger partial charge on any atom is -0.374 e. The zero-order valence-electron chi connectivity index (χ0n) is 8.91. The van der Waals surface area contributed by atoms with E-state index in [0.717, 1.165) is 11.5 Å². The number of halogens is 1. The van der Waals surface area contributed by atoms with Crippen molar-refractivity contribution >= 4 is 28.7 Å². The molecule has 0 saturated carbocycles. The number of benzene rings is 1. The van der Waals surface area contributed by atoms with Crippen LogP contribution in [0.15, 0.2) is 29.4 Å². The van der Waals surface area contributed by atoms with Crippen LogP contribution in [0.4, 0.5) is 9.52 Å². The molecule has 1 aromatic heterocycles. The summed E-state index contributed by atoms with van der Waals surface area (Å²) in [4.78, 5) is 19.5. The summed E-state index contributed by atoms with van der Waals surface area (Å²) in [7, 11) is 0. The highest BCUT2D eigenvalue weighted by Crippen LogP contribution is 2.12. The summed E-state index contributed by atoms with van der Waals surface area (Å²) in [6, 6.07) is 5.18. The molecule has 8 heteroatoms. The first-order chi connectivity index (χ1) is 8.69. The van der Waals surface area contributed by atoms with Gasteiger partial charge in [0.05, 0.1) is 0 Å². The Morgan fingerprint density at radius 3 is 2.72 bits per heavy atom. The first-order valence-corrected chi connectivity index (χ1v) is 5.51. The van der Waals surface area contributed by atoms with Gasteiger partial charge in [-0.2, -0.15) is 9.36 Å². The second-order valence-corrected chi connectivity index (χ2v) is 3.88. The molecule has 0 aliphatic heterocycles. The van der Waals surface area contributed by atoms with Crippen molar-refractivity contribution < 1.29 is 14.0 Å². The highest BCUT2D eigenvalue weighted by atomic mass is 32.1. The van der Waals surface area contributed by atoms with Gasteiger partial charge in [-0.3, -0.25) is 4.79 Å². The van der Waals surface area contributed by atoms with Crippen molar-refractivity contribution in [3.05, 3.63) is 35.9 Å². The van der Waals surface area contributed by atoms with Crippen LogP contribution in [0.3, 0.4) is 0 Å². The van der Waals surface area contributed by atoms with E-state index in [1.165, 1.54) is 24.3 Å². The van der Waals surface area contributed by atoms with Crippen LogP contribution in [0.1, 0.15) is 5.82 Å². The first-order valence-electron chi connectivity index (χ1n) is 4.74. The fourth-order valence-corrected chi connectivity index (χ4v) is 1.49. The van der Waals surface area contributed by atoms with Gasteiger partial charge in [0.15, 0.2) is 28.7 Å². The Hall–Kier alpha value is -2.35. The predicted molar refractivity (Wildman–Crippen MR) is 64.0 cm³/mol. The minimum atomic E-state index is -0.393. The van der Waals surface area contributed by atoms with Crippen molar-refractivity contribution in [2.24, 2.45) is 5.16 Å². The molecule has 0 aliphatic rings. The number of hydrogen-bond acceptors (Lipinski definition) is 7. The van der Waals surface area contributed by atoms with Gasteiger partial charge in [0.1, 0.15) is 5.82 Å². The molecule has 1 aromatic carbocycles.